The molecule has 1 N–H and O–H groups in total. The van der Waals surface area contributed by atoms with Crippen LogP contribution in [0.4, 0.5) is 0 Å². The van der Waals surface area contributed by atoms with E-state index in [-0.39, 0.29) is 11.8 Å². The number of carbonyl (C=O) groups is 1. The molecular formula is C23H24BrClN4O3. The smallest absolute Gasteiger partial charge is 0.241 e. The lowest BCUT2D eigenvalue weighted by molar-refractivity contribution is -0.126. The van der Waals surface area contributed by atoms with Crippen LogP contribution in [-0.4, -0.2) is 47.2 Å². The van der Waals surface area contributed by atoms with Gasteiger partial charge in [0.1, 0.15) is 12.4 Å². The van der Waals surface area contributed by atoms with Gasteiger partial charge in [0.25, 0.3) is 0 Å². The zero-order valence-electron chi connectivity index (χ0n) is 17.5. The summed E-state index contributed by atoms with van der Waals surface area (Å²) in [6.07, 6.45) is 1.81. The maximum Gasteiger partial charge on any atom is 0.241 e. The van der Waals surface area contributed by atoms with Gasteiger partial charge in [-0.3, -0.25) is 9.69 Å². The molecule has 0 bridgehead atoms. The van der Waals surface area contributed by atoms with Crippen LogP contribution >= 0.6 is 27.5 Å². The number of halogens is 2. The average molecular weight is 520 g/mol. The molecule has 168 valence electrons. The van der Waals surface area contributed by atoms with Gasteiger partial charge in [-0.15, -0.1) is 0 Å². The van der Waals surface area contributed by atoms with Crippen molar-refractivity contribution in [3.05, 3.63) is 63.9 Å². The van der Waals surface area contributed by atoms with Crippen LogP contribution in [0.15, 0.2) is 57.5 Å². The Balaban J connectivity index is 1.24. The third kappa shape index (κ3) is 6.09. The average Bonchev–Trinajstić information content (AvgIpc) is 3.26. The fraction of sp³-hybridized carbons (Fsp3) is 0.348. The van der Waals surface area contributed by atoms with Gasteiger partial charge in [-0.25, -0.2) is 0 Å². The van der Waals surface area contributed by atoms with Crippen LogP contribution < -0.4 is 10.1 Å². The number of nitrogens with zero attached hydrogens (tertiary/aromatic N) is 3. The Morgan fingerprint density at radius 3 is 3.00 bits per heavy atom. The molecule has 2 heterocycles. The second-order valence-corrected chi connectivity index (χ2v) is 8.99. The number of hydrogen-bond acceptors (Lipinski definition) is 6. The van der Waals surface area contributed by atoms with E-state index in [1.54, 1.807) is 6.07 Å². The molecule has 0 radical (unpaired) electrons. The highest BCUT2D eigenvalue weighted by Gasteiger charge is 2.26. The largest absolute Gasteiger partial charge is 0.490 e. The molecule has 1 aliphatic rings. The summed E-state index contributed by atoms with van der Waals surface area (Å²) >= 11 is 9.53. The van der Waals surface area contributed by atoms with Crippen molar-refractivity contribution in [2.24, 2.45) is 5.92 Å². The summed E-state index contributed by atoms with van der Waals surface area (Å²) in [5, 5.41) is 7.62. The minimum atomic E-state index is -0.0727. The van der Waals surface area contributed by atoms with Gasteiger partial charge in [-0.2, -0.15) is 4.98 Å². The summed E-state index contributed by atoms with van der Waals surface area (Å²) < 4.78 is 12.0. The molecular weight excluding hydrogens is 496 g/mol. The summed E-state index contributed by atoms with van der Waals surface area (Å²) in [6.45, 7) is 2.88. The number of carbonyl (C=O) groups excluding carboxylic acids is 1. The summed E-state index contributed by atoms with van der Waals surface area (Å²) in [7, 11) is 0. The van der Waals surface area contributed by atoms with Crippen molar-refractivity contribution in [2.45, 2.75) is 19.4 Å². The fourth-order valence-electron chi connectivity index (χ4n) is 3.71. The highest BCUT2D eigenvalue weighted by molar-refractivity contribution is 9.10. The van der Waals surface area contributed by atoms with Gasteiger partial charge in [-0.05, 0) is 43.7 Å². The van der Waals surface area contributed by atoms with Gasteiger partial charge in [0, 0.05) is 16.6 Å². The van der Waals surface area contributed by atoms with E-state index < -0.39 is 0 Å². The van der Waals surface area contributed by atoms with Gasteiger partial charge in [0.15, 0.2) is 0 Å². The number of ether oxygens (including phenoxy) is 1. The van der Waals surface area contributed by atoms with Crippen LogP contribution in [0.3, 0.4) is 0 Å². The van der Waals surface area contributed by atoms with Crippen LogP contribution in [0.25, 0.3) is 11.4 Å². The van der Waals surface area contributed by atoms with Crippen molar-refractivity contribution < 1.29 is 14.1 Å². The summed E-state index contributed by atoms with van der Waals surface area (Å²) in [4.78, 5) is 19.3. The fourth-order valence-corrected chi connectivity index (χ4v) is 4.30. The molecule has 32 heavy (non-hydrogen) atoms. The Bertz CT molecular complexity index is 1060. The van der Waals surface area contributed by atoms with Gasteiger partial charge >= 0.3 is 0 Å². The van der Waals surface area contributed by atoms with E-state index in [4.69, 9.17) is 20.9 Å². The zero-order valence-corrected chi connectivity index (χ0v) is 19.8. The van der Waals surface area contributed by atoms with Gasteiger partial charge < -0.3 is 14.6 Å². The Kier molecular flexibility index (Phi) is 7.78. The molecule has 4 rings (SSSR count). The maximum absolute atomic E-state index is 12.6. The number of aromatic nitrogens is 2. The minimum absolute atomic E-state index is 0.0396. The normalized spacial score (nSPS) is 16.6. The lowest BCUT2D eigenvalue weighted by Gasteiger charge is -2.30. The molecule has 7 nitrogen and oxygen atoms in total. The van der Waals surface area contributed by atoms with Crippen molar-refractivity contribution >= 4 is 33.4 Å². The van der Waals surface area contributed by atoms with E-state index >= 15 is 0 Å². The molecule has 1 atom stereocenters. The van der Waals surface area contributed by atoms with Crippen molar-refractivity contribution in [2.75, 3.05) is 26.2 Å². The number of rotatable bonds is 8. The van der Waals surface area contributed by atoms with E-state index in [1.165, 1.54) is 0 Å². The summed E-state index contributed by atoms with van der Waals surface area (Å²) in [6, 6.07) is 15.1. The van der Waals surface area contributed by atoms with E-state index in [0.717, 1.165) is 29.4 Å². The number of likely N-dealkylation sites (tertiary alicyclic amines) is 1. The van der Waals surface area contributed by atoms with Crippen LogP contribution in [0.2, 0.25) is 5.02 Å². The molecule has 1 amide bonds. The number of nitrogens with one attached hydrogen (secondary N) is 1. The Morgan fingerprint density at radius 2 is 2.16 bits per heavy atom. The molecule has 3 aromatic rings. The van der Waals surface area contributed by atoms with Crippen molar-refractivity contribution in [1.29, 1.82) is 0 Å². The number of amides is 1. The molecule has 2 aromatic carbocycles. The first-order chi connectivity index (χ1) is 15.6. The Labute approximate surface area is 200 Å². The SMILES string of the molecule is O=C(NCCOc1ccccc1Cl)C1CCCN(Cc2nc(-c3cccc(Br)c3)no2)C1. The first-order valence-electron chi connectivity index (χ1n) is 10.5. The number of benzene rings is 2. The predicted molar refractivity (Wildman–Crippen MR) is 125 cm³/mol. The Hall–Kier alpha value is -2.42. The first-order valence-corrected chi connectivity index (χ1v) is 11.7. The third-order valence-electron chi connectivity index (χ3n) is 5.28. The third-order valence-corrected chi connectivity index (χ3v) is 6.09. The van der Waals surface area contributed by atoms with Gasteiger partial charge in [0.2, 0.25) is 17.6 Å². The van der Waals surface area contributed by atoms with Crippen LogP contribution in [0.1, 0.15) is 18.7 Å². The lowest BCUT2D eigenvalue weighted by atomic mass is 9.97. The minimum Gasteiger partial charge on any atom is -0.490 e. The highest BCUT2D eigenvalue weighted by Crippen LogP contribution is 2.24. The summed E-state index contributed by atoms with van der Waals surface area (Å²) in [5.41, 5.74) is 0.893. The molecule has 0 saturated carbocycles. The topological polar surface area (TPSA) is 80.5 Å². The molecule has 1 aliphatic heterocycles. The quantitative estimate of drug-likeness (QED) is 0.440. The molecule has 1 fully saturated rings. The molecule has 1 unspecified atom stereocenters. The van der Waals surface area contributed by atoms with Crippen molar-refractivity contribution in [3.63, 3.8) is 0 Å². The standard InChI is InChI=1S/C23H24BrClN4O3/c24-18-7-3-5-16(13-18)22-27-21(32-28-22)15-29-11-4-6-17(14-29)23(30)26-10-12-31-20-9-2-1-8-19(20)25/h1-3,5,7-9,13,17H,4,6,10-12,14-15H2,(H,26,30). The summed E-state index contributed by atoms with van der Waals surface area (Å²) in [5.74, 6) is 1.70. The van der Waals surface area contributed by atoms with E-state index in [9.17, 15) is 4.79 Å². The number of hydrogen-bond donors (Lipinski definition) is 1. The molecule has 0 aliphatic carbocycles. The second kappa shape index (κ2) is 10.9. The molecule has 9 heteroatoms. The molecule has 1 aromatic heterocycles. The first kappa shape index (κ1) is 22.8. The molecule has 0 spiro atoms. The van der Waals surface area contributed by atoms with E-state index in [2.05, 4.69) is 36.3 Å². The monoisotopic (exact) mass is 518 g/mol. The van der Waals surface area contributed by atoms with Crippen molar-refractivity contribution in [1.82, 2.24) is 20.4 Å². The van der Waals surface area contributed by atoms with E-state index in [0.29, 0.717) is 48.7 Å². The lowest BCUT2D eigenvalue weighted by Crippen LogP contribution is -2.43. The van der Waals surface area contributed by atoms with Crippen LogP contribution in [-0.2, 0) is 11.3 Å². The van der Waals surface area contributed by atoms with Gasteiger partial charge in [0.05, 0.1) is 24.0 Å². The van der Waals surface area contributed by atoms with Crippen LogP contribution in [0, 0.1) is 5.92 Å². The molecule has 1 saturated heterocycles. The van der Waals surface area contributed by atoms with E-state index in [1.807, 2.05) is 42.5 Å². The number of piperidine rings is 1. The van der Waals surface area contributed by atoms with Gasteiger partial charge in [-0.1, -0.05) is 57.0 Å². The van der Waals surface area contributed by atoms with Crippen molar-refractivity contribution in [3.8, 4) is 17.1 Å². The maximum atomic E-state index is 12.6. The van der Waals surface area contributed by atoms with Crippen LogP contribution in [0.5, 0.6) is 5.75 Å². The predicted octanol–water partition coefficient (Wildman–Crippen LogP) is 4.56. The highest BCUT2D eigenvalue weighted by atomic mass is 79.9. The zero-order chi connectivity index (χ0) is 22.3. The number of para-hydroxylation sites is 1. The Morgan fingerprint density at radius 1 is 1.28 bits per heavy atom. The second-order valence-electron chi connectivity index (χ2n) is 7.67.